The lowest BCUT2D eigenvalue weighted by molar-refractivity contribution is 0.0433. The van der Waals surface area contributed by atoms with Gasteiger partial charge in [0, 0.05) is 31.2 Å². The second-order valence-electron chi connectivity index (χ2n) is 6.84. The van der Waals surface area contributed by atoms with Crippen molar-refractivity contribution in [2.24, 2.45) is 0 Å². The highest BCUT2D eigenvalue weighted by atomic mass is 16.2. The third kappa shape index (κ3) is 3.29. The van der Waals surface area contributed by atoms with Crippen molar-refractivity contribution in [2.75, 3.05) is 19.6 Å². The van der Waals surface area contributed by atoms with Crippen molar-refractivity contribution in [1.82, 2.24) is 9.80 Å². The molecular formula is C21H21N3O. The van der Waals surface area contributed by atoms with Crippen molar-refractivity contribution in [3.8, 4) is 6.07 Å². The maximum atomic E-state index is 13.1. The minimum atomic E-state index is 0.0498. The predicted molar refractivity (Wildman–Crippen MR) is 96.0 cm³/mol. The molecule has 0 radical (unpaired) electrons. The Kier molecular flexibility index (Phi) is 4.25. The summed E-state index contributed by atoms with van der Waals surface area (Å²) < 4.78 is 0. The van der Waals surface area contributed by atoms with E-state index in [-0.39, 0.29) is 11.9 Å². The van der Waals surface area contributed by atoms with Gasteiger partial charge in [0.1, 0.15) is 0 Å². The van der Waals surface area contributed by atoms with Crippen LogP contribution in [0.15, 0.2) is 54.6 Å². The van der Waals surface area contributed by atoms with Crippen molar-refractivity contribution >= 4 is 5.91 Å². The van der Waals surface area contributed by atoms with Gasteiger partial charge in [-0.05, 0) is 42.7 Å². The largest absolute Gasteiger partial charge is 0.329 e. The van der Waals surface area contributed by atoms with E-state index < -0.39 is 0 Å². The quantitative estimate of drug-likeness (QED) is 0.867. The zero-order valence-electron chi connectivity index (χ0n) is 14.1. The minimum absolute atomic E-state index is 0.0498. The summed E-state index contributed by atoms with van der Waals surface area (Å²) in [5, 5.41) is 8.94. The van der Waals surface area contributed by atoms with Crippen LogP contribution in [0.2, 0.25) is 0 Å². The van der Waals surface area contributed by atoms with E-state index in [0.717, 1.165) is 19.6 Å². The fourth-order valence-electron chi connectivity index (χ4n) is 3.63. The van der Waals surface area contributed by atoms with E-state index in [0.29, 0.717) is 17.2 Å². The molecule has 0 spiro atoms. The van der Waals surface area contributed by atoms with Crippen LogP contribution >= 0.6 is 0 Å². The van der Waals surface area contributed by atoms with Crippen LogP contribution in [0, 0.1) is 11.3 Å². The summed E-state index contributed by atoms with van der Waals surface area (Å²) in [6, 6.07) is 20.1. The molecule has 1 saturated heterocycles. The van der Waals surface area contributed by atoms with E-state index in [2.05, 4.69) is 23.1 Å². The fourth-order valence-corrected chi connectivity index (χ4v) is 3.63. The Morgan fingerprint density at radius 1 is 1.00 bits per heavy atom. The first-order valence-corrected chi connectivity index (χ1v) is 8.86. The number of carbonyl (C=O) groups excluding carboxylic acids is 1. The molecular weight excluding hydrogens is 310 g/mol. The van der Waals surface area contributed by atoms with Gasteiger partial charge in [-0.1, -0.05) is 30.3 Å². The Balaban J connectivity index is 1.61. The second kappa shape index (κ2) is 6.70. The lowest BCUT2D eigenvalue weighted by atomic mass is 10.0. The van der Waals surface area contributed by atoms with Gasteiger partial charge >= 0.3 is 0 Å². The Labute approximate surface area is 148 Å². The monoisotopic (exact) mass is 331 g/mol. The van der Waals surface area contributed by atoms with Crippen LogP contribution in [0.4, 0.5) is 0 Å². The Morgan fingerprint density at radius 2 is 1.72 bits per heavy atom. The summed E-state index contributed by atoms with van der Waals surface area (Å²) in [5.41, 5.74) is 2.42. The molecule has 1 heterocycles. The summed E-state index contributed by atoms with van der Waals surface area (Å²) in [7, 11) is 0. The highest BCUT2D eigenvalue weighted by molar-refractivity contribution is 5.94. The van der Waals surface area contributed by atoms with E-state index in [9.17, 15) is 4.79 Å². The Bertz CT molecular complexity index is 790. The van der Waals surface area contributed by atoms with Gasteiger partial charge in [-0.3, -0.25) is 9.69 Å². The van der Waals surface area contributed by atoms with Crippen LogP contribution in [-0.2, 0) is 0 Å². The number of hydrogen-bond acceptors (Lipinski definition) is 3. The molecule has 1 atom stereocenters. The first kappa shape index (κ1) is 15.9. The summed E-state index contributed by atoms with van der Waals surface area (Å²) in [6.45, 7) is 2.58. The standard InChI is InChI=1S/C21H21N3O/c22-14-16-6-8-18(9-7-16)21(25)24-13-12-23(19-10-11-19)15-20(24)17-4-2-1-3-5-17/h1-9,19-20H,10-13,15H2. The summed E-state index contributed by atoms with van der Waals surface area (Å²) in [5.74, 6) is 0.0498. The molecule has 0 aromatic heterocycles. The molecule has 4 heteroatoms. The zero-order valence-corrected chi connectivity index (χ0v) is 14.1. The van der Waals surface area contributed by atoms with Crippen LogP contribution in [-0.4, -0.2) is 41.4 Å². The number of nitriles is 1. The van der Waals surface area contributed by atoms with Gasteiger partial charge < -0.3 is 4.90 Å². The molecule has 2 fully saturated rings. The van der Waals surface area contributed by atoms with Crippen LogP contribution in [0.5, 0.6) is 0 Å². The number of benzene rings is 2. The maximum absolute atomic E-state index is 13.1. The number of rotatable bonds is 3. The molecule has 0 N–H and O–H groups in total. The highest BCUT2D eigenvalue weighted by Gasteiger charge is 2.37. The topological polar surface area (TPSA) is 47.3 Å². The van der Waals surface area contributed by atoms with Gasteiger partial charge in [0.2, 0.25) is 0 Å². The van der Waals surface area contributed by atoms with Gasteiger partial charge in [0.15, 0.2) is 0 Å². The van der Waals surface area contributed by atoms with E-state index in [1.165, 1.54) is 18.4 Å². The Morgan fingerprint density at radius 3 is 2.36 bits per heavy atom. The molecule has 2 aromatic carbocycles. The van der Waals surface area contributed by atoms with Crippen LogP contribution in [0.3, 0.4) is 0 Å². The normalized spacial score (nSPS) is 20.9. The van der Waals surface area contributed by atoms with Crippen molar-refractivity contribution in [3.63, 3.8) is 0 Å². The first-order chi connectivity index (χ1) is 12.3. The van der Waals surface area contributed by atoms with Gasteiger partial charge in [-0.25, -0.2) is 0 Å². The number of amides is 1. The van der Waals surface area contributed by atoms with Crippen LogP contribution in [0.1, 0.15) is 40.4 Å². The summed E-state index contributed by atoms with van der Waals surface area (Å²) in [6.07, 6.45) is 2.57. The van der Waals surface area contributed by atoms with E-state index in [4.69, 9.17) is 5.26 Å². The lowest BCUT2D eigenvalue weighted by Gasteiger charge is -2.42. The van der Waals surface area contributed by atoms with Crippen molar-refractivity contribution in [3.05, 3.63) is 71.3 Å². The fraction of sp³-hybridized carbons (Fsp3) is 0.333. The third-order valence-corrected chi connectivity index (χ3v) is 5.18. The molecule has 25 heavy (non-hydrogen) atoms. The van der Waals surface area contributed by atoms with Crippen molar-refractivity contribution in [1.29, 1.82) is 5.26 Å². The number of nitrogens with zero attached hydrogens (tertiary/aromatic N) is 3. The molecule has 2 aliphatic rings. The molecule has 1 aliphatic heterocycles. The molecule has 4 nitrogen and oxygen atoms in total. The average Bonchev–Trinajstić information content (AvgIpc) is 3.53. The van der Waals surface area contributed by atoms with Crippen molar-refractivity contribution in [2.45, 2.75) is 24.9 Å². The molecule has 1 amide bonds. The zero-order chi connectivity index (χ0) is 17.2. The predicted octanol–water partition coefficient (Wildman–Crippen LogP) is 3.22. The molecule has 126 valence electrons. The van der Waals surface area contributed by atoms with Crippen LogP contribution in [0.25, 0.3) is 0 Å². The van der Waals surface area contributed by atoms with Gasteiger partial charge in [0.05, 0.1) is 17.7 Å². The SMILES string of the molecule is N#Cc1ccc(C(=O)N2CCN(C3CC3)CC2c2ccccc2)cc1. The number of hydrogen-bond donors (Lipinski definition) is 0. The van der Waals surface area contributed by atoms with E-state index in [1.807, 2.05) is 23.1 Å². The first-order valence-electron chi connectivity index (χ1n) is 8.86. The maximum Gasteiger partial charge on any atom is 0.254 e. The van der Waals surface area contributed by atoms with E-state index >= 15 is 0 Å². The third-order valence-electron chi connectivity index (χ3n) is 5.18. The average molecular weight is 331 g/mol. The van der Waals surface area contributed by atoms with E-state index in [1.54, 1.807) is 24.3 Å². The number of piperazine rings is 1. The molecule has 4 rings (SSSR count). The molecule has 1 unspecified atom stereocenters. The minimum Gasteiger partial charge on any atom is -0.329 e. The summed E-state index contributed by atoms with van der Waals surface area (Å²) in [4.78, 5) is 17.6. The van der Waals surface area contributed by atoms with Gasteiger partial charge in [-0.15, -0.1) is 0 Å². The molecule has 1 aliphatic carbocycles. The van der Waals surface area contributed by atoms with Gasteiger partial charge in [0.25, 0.3) is 5.91 Å². The summed E-state index contributed by atoms with van der Waals surface area (Å²) >= 11 is 0. The van der Waals surface area contributed by atoms with Crippen molar-refractivity contribution < 1.29 is 4.79 Å². The molecule has 0 bridgehead atoms. The molecule has 1 saturated carbocycles. The van der Waals surface area contributed by atoms with Crippen LogP contribution < -0.4 is 0 Å². The number of carbonyl (C=O) groups is 1. The molecule has 2 aromatic rings. The lowest BCUT2D eigenvalue weighted by Crippen LogP contribution is -2.51. The Hall–Kier alpha value is -2.64. The smallest absolute Gasteiger partial charge is 0.254 e. The highest BCUT2D eigenvalue weighted by Crippen LogP contribution is 2.34. The second-order valence-corrected chi connectivity index (χ2v) is 6.84. The van der Waals surface area contributed by atoms with Gasteiger partial charge in [-0.2, -0.15) is 5.26 Å².